The minimum atomic E-state index is -0.408. The smallest absolute Gasteiger partial charge is 0.0773 e. The highest BCUT2D eigenvalue weighted by atomic mass is 79.9. The maximum absolute atomic E-state index is 9.47. The number of halogens is 1. The first-order valence-corrected chi connectivity index (χ1v) is 4.70. The maximum Gasteiger partial charge on any atom is 0.0773 e. The van der Waals surface area contributed by atoms with Gasteiger partial charge in [0, 0.05) is 10.9 Å². The number of aliphatic hydroxyl groups excluding tert-OH is 1. The summed E-state index contributed by atoms with van der Waals surface area (Å²) in [7, 11) is 0. The van der Waals surface area contributed by atoms with Crippen LogP contribution in [0.1, 0.15) is 17.2 Å². The van der Waals surface area contributed by atoms with Gasteiger partial charge in [-0.15, -0.1) is 0 Å². The lowest BCUT2D eigenvalue weighted by atomic mass is 10.1. The lowest BCUT2D eigenvalue weighted by Crippen LogP contribution is -2.21. The van der Waals surface area contributed by atoms with Crippen LogP contribution < -0.4 is 5.73 Å². The summed E-state index contributed by atoms with van der Waals surface area (Å²) in [6.45, 7) is 0. The number of benzene rings is 1. The van der Waals surface area contributed by atoms with E-state index in [1.165, 1.54) is 0 Å². The molecule has 3 heteroatoms. The van der Waals surface area contributed by atoms with Crippen LogP contribution in [0.4, 0.5) is 0 Å². The fourth-order valence-corrected chi connectivity index (χ4v) is 2.04. The molecule has 0 saturated carbocycles. The second kappa shape index (κ2) is 2.83. The SMILES string of the molecule is N[C@H]1c2ccc(Br)cc2C[C@H]1O. The fraction of sp³-hybridized carbons (Fsp3) is 0.333. The quantitative estimate of drug-likeness (QED) is 0.704. The van der Waals surface area contributed by atoms with E-state index in [0.717, 1.165) is 15.6 Å². The molecule has 3 N–H and O–H groups in total. The van der Waals surface area contributed by atoms with Gasteiger partial charge < -0.3 is 10.8 Å². The van der Waals surface area contributed by atoms with Crippen LogP contribution in [0.25, 0.3) is 0 Å². The number of aliphatic hydroxyl groups is 1. The van der Waals surface area contributed by atoms with Crippen LogP contribution in [-0.4, -0.2) is 11.2 Å². The molecule has 12 heavy (non-hydrogen) atoms. The number of hydrogen-bond donors (Lipinski definition) is 2. The monoisotopic (exact) mass is 227 g/mol. The Bertz CT molecular complexity index is 313. The third-order valence-electron chi connectivity index (χ3n) is 2.31. The van der Waals surface area contributed by atoms with Gasteiger partial charge in [0.25, 0.3) is 0 Å². The standard InChI is InChI=1S/C9H10BrNO/c10-6-1-2-7-5(3-6)4-8(12)9(7)11/h1-3,8-9,12H,4,11H2/t8-,9+/m1/s1. The Balaban J connectivity index is 2.47. The molecule has 0 amide bonds. The molecular weight excluding hydrogens is 218 g/mol. The molecule has 1 aromatic rings. The van der Waals surface area contributed by atoms with Crippen molar-refractivity contribution in [2.24, 2.45) is 5.73 Å². The van der Waals surface area contributed by atoms with E-state index in [9.17, 15) is 5.11 Å². The molecule has 2 atom stereocenters. The molecule has 2 nitrogen and oxygen atoms in total. The van der Waals surface area contributed by atoms with Crippen LogP contribution in [0, 0.1) is 0 Å². The summed E-state index contributed by atoms with van der Waals surface area (Å²) in [5, 5.41) is 9.47. The number of rotatable bonds is 0. The van der Waals surface area contributed by atoms with E-state index in [1.807, 2.05) is 18.2 Å². The second-order valence-corrected chi connectivity index (χ2v) is 4.06. The van der Waals surface area contributed by atoms with Gasteiger partial charge in [-0.3, -0.25) is 0 Å². The predicted molar refractivity (Wildman–Crippen MR) is 50.8 cm³/mol. The van der Waals surface area contributed by atoms with Crippen molar-refractivity contribution in [1.82, 2.24) is 0 Å². The van der Waals surface area contributed by atoms with Crippen molar-refractivity contribution in [2.75, 3.05) is 0 Å². The Labute approximate surface area is 79.5 Å². The van der Waals surface area contributed by atoms with Crippen LogP contribution in [0.3, 0.4) is 0 Å². The van der Waals surface area contributed by atoms with E-state index in [4.69, 9.17) is 5.73 Å². The zero-order chi connectivity index (χ0) is 8.72. The van der Waals surface area contributed by atoms with Gasteiger partial charge in [-0.2, -0.15) is 0 Å². The molecule has 1 aliphatic rings. The van der Waals surface area contributed by atoms with Gasteiger partial charge in [-0.25, -0.2) is 0 Å². The lowest BCUT2D eigenvalue weighted by Gasteiger charge is -2.07. The highest BCUT2D eigenvalue weighted by Gasteiger charge is 2.27. The van der Waals surface area contributed by atoms with Crippen LogP contribution in [0.5, 0.6) is 0 Å². The van der Waals surface area contributed by atoms with E-state index < -0.39 is 6.10 Å². The van der Waals surface area contributed by atoms with Crippen molar-refractivity contribution in [2.45, 2.75) is 18.6 Å². The number of hydrogen-bond acceptors (Lipinski definition) is 2. The number of nitrogens with two attached hydrogens (primary N) is 1. The summed E-state index contributed by atoms with van der Waals surface area (Å²) in [4.78, 5) is 0. The molecule has 0 fully saturated rings. The first-order chi connectivity index (χ1) is 5.68. The minimum Gasteiger partial charge on any atom is -0.391 e. The third-order valence-corrected chi connectivity index (χ3v) is 2.80. The maximum atomic E-state index is 9.47. The van der Waals surface area contributed by atoms with Gasteiger partial charge in [-0.1, -0.05) is 22.0 Å². The second-order valence-electron chi connectivity index (χ2n) is 3.14. The molecule has 0 heterocycles. The molecule has 0 unspecified atom stereocenters. The van der Waals surface area contributed by atoms with Crippen molar-refractivity contribution in [1.29, 1.82) is 0 Å². The molecule has 0 aromatic heterocycles. The predicted octanol–water partition coefficient (Wildman–Crippen LogP) is 1.37. The highest BCUT2D eigenvalue weighted by Crippen LogP contribution is 2.31. The van der Waals surface area contributed by atoms with Gasteiger partial charge in [-0.05, 0) is 23.3 Å². The van der Waals surface area contributed by atoms with Crippen LogP contribution in [0.15, 0.2) is 22.7 Å². The van der Waals surface area contributed by atoms with Gasteiger partial charge in [0.15, 0.2) is 0 Å². The zero-order valence-corrected chi connectivity index (χ0v) is 8.08. The summed E-state index contributed by atoms with van der Waals surface area (Å²) in [5.41, 5.74) is 8.01. The summed E-state index contributed by atoms with van der Waals surface area (Å²) in [5.74, 6) is 0. The summed E-state index contributed by atoms with van der Waals surface area (Å²) in [6, 6.07) is 5.75. The molecule has 0 aliphatic heterocycles. The fourth-order valence-electron chi connectivity index (χ4n) is 1.64. The Kier molecular flexibility index (Phi) is 1.94. The normalized spacial score (nSPS) is 27.2. The molecular formula is C9H10BrNO. The van der Waals surface area contributed by atoms with E-state index in [-0.39, 0.29) is 6.04 Å². The molecule has 2 rings (SSSR count). The molecule has 1 aromatic carbocycles. The minimum absolute atomic E-state index is 0.201. The molecule has 0 bridgehead atoms. The Morgan fingerprint density at radius 1 is 1.50 bits per heavy atom. The summed E-state index contributed by atoms with van der Waals surface area (Å²) < 4.78 is 1.04. The van der Waals surface area contributed by atoms with E-state index >= 15 is 0 Å². The van der Waals surface area contributed by atoms with Crippen LogP contribution >= 0.6 is 15.9 Å². The van der Waals surface area contributed by atoms with E-state index in [2.05, 4.69) is 15.9 Å². The highest BCUT2D eigenvalue weighted by molar-refractivity contribution is 9.10. The molecule has 64 valence electrons. The van der Waals surface area contributed by atoms with Gasteiger partial charge in [0.2, 0.25) is 0 Å². The first-order valence-electron chi connectivity index (χ1n) is 3.90. The largest absolute Gasteiger partial charge is 0.391 e. The number of fused-ring (bicyclic) bond motifs is 1. The van der Waals surface area contributed by atoms with Crippen LogP contribution in [0.2, 0.25) is 0 Å². The van der Waals surface area contributed by atoms with Crippen molar-refractivity contribution in [3.8, 4) is 0 Å². The topological polar surface area (TPSA) is 46.2 Å². The molecule has 0 radical (unpaired) electrons. The van der Waals surface area contributed by atoms with Crippen molar-refractivity contribution >= 4 is 15.9 Å². The Hall–Kier alpha value is -0.380. The average Bonchev–Trinajstić information content (AvgIpc) is 2.28. The lowest BCUT2D eigenvalue weighted by molar-refractivity contribution is 0.158. The summed E-state index contributed by atoms with van der Waals surface area (Å²) in [6.07, 6.45) is 0.268. The molecule has 0 spiro atoms. The first kappa shape index (κ1) is 8.23. The van der Waals surface area contributed by atoms with Crippen molar-refractivity contribution in [3.63, 3.8) is 0 Å². The van der Waals surface area contributed by atoms with Gasteiger partial charge >= 0.3 is 0 Å². The van der Waals surface area contributed by atoms with E-state index in [0.29, 0.717) is 6.42 Å². The third kappa shape index (κ3) is 1.18. The molecule has 1 aliphatic carbocycles. The van der Waals surface area contributed by atoms with Crippen molar-refractivity contribution < 1.29 is 5.11 Å². The molecule has 0 saturated heterocycles. The van der Waals surface area contributed by atoms with Crippen molar-refractivity contribution in [3.05, 3.63) is 33.8 Å². The Morgan fingerprint density at radius 3 is 3.00 bits per heavy atom. The van der Waals surface area contributed by atoms with E-state index in [1.54, 1.807) is 0 Å². The van der Waals surface area contributed by atoms with Gasteiger partial charge in [0.1, 0.15) is 0 Å². The summed E-state index contributed by atoms with van der Waals surface area (Å²) >= 11 is 3.38. The average molecular weight is 228 g/mol. The zero-order valence-electron chi connectivity index (χ0n) is 6.50. The van der Waals surface area contributed by atoms with Crippen LogP contribution in [-0.2, 0) is 6.42 Å². The van der Waals surface area contributed by atoms with Gasteiger partial charge in [0.05, 0.1) is 12.1 Å². The Morgan fingerprint density at radius 2 is 2.25 bits per heavy atom.